The van der Waals surface area contributed by atoms with E-state index in [2.05, 4.69) is 4.74 Å². The fraction of sp³-hybridized carbons (Fsp3) is 0.0625. The molecule has 0 fully saturated rings. The number of aliphatic carboxylic acids is 1. The van der Waals surface area contributed by atoms with Gasteiger partial charge in [-0.3, -0.25) is 10.1 Å². The van der Waals surface area contributed by atoms with E-state index in [1.165, 1.54) is 36.4 Å². The zero-order chi connectivity index (χ0) is 18.6. The normalized spacial score (nSPS) is 11.5. The molecule has 2 rings (SSSR count). The summed E-state index contributed by atoms with van der Waals surface area (Å²) in [5, 5.41) is 19.6. The van der Waals surface area contributed by atoms with Crippen molar-refractivity contribution in [2.75, 3.05) is 0 Å². The van der Waals surface area contributed by atoms with Gasteiger partial charge in [-0.25, -0.2) is 4.79 Å². The Labute approximate surface area is 138 Å². The molecular formula is C16H10F3NO5. The average molecular weight is 353 g/mol. The number of carbonyl (C=O) groups is 1. The van der Waals surface area contributed by atoms with Crippen LogP contribution in [0.5, 0.6) is 5.75 Å². The molecule has 0 amide bonds. The van der Waals surface area contributed by atoms with Crippen LogP contribution in [0.1, 0.15) is 5.56 Å². The van der Waals surface area contributed by atoms with E-state index in [9.17, 15) is 28.1 Å². The molecule has 0 aliphatic carbocycles. The first-order chi connectivity index (χ1) is 11.7. The Kier molecular flexibility index (Phi) is 5.06. The Bertz CT molecular complexity index is 829. The molecule has 0 radical (unpaired) electrons. The number of nitro benzene ring substituents is 1. The number of ether oxygens (including phenoxy) is 1. The van der Waals surface area contributed by atoms with Crippen molar-refractivity contribution >= 4 is 17.7 Å². The van der Waals surface area contributed by atoms with E-state index >= 15 is 0 Å². The van der Waals surface area contributed by atoms with Crippen LogP contribution in [0, 0.1) is 10.1 Å². The summed E-state index contributed by atoms with van der Waals surface area (Å²) in [6, 6.07) is 8.63. The van der Waals surface area contributed by atoms with Gasteiger partial charge in [-0.05, 0) is 41.0 Å². The van der Waals surface area contributed by atoms with Crippen LogP contribution in [-0.4, -0.2) is 22.4 Å². The van der Waals surface area contributed by atoms with Gasteiger partial charge in [0.2, 0.25) is 0 Å². The highest BCUT2D eigenvalue weighted by molar-refractivity contribution is 5.88. The first-order valence-corrected chi connectivity index (χ1v) is 6.71. The average Bonchev–Trinajstić information content (AvgIpc) is 2.52. The molecule has 0 spiro atoms. The molecule has 0 aliphatic rings. The molecular weight excluding hydrogens is 343 g/mol. The lowest BCUT2D eigenvalue weighted by Crippen LogP contribution is -2.16. The number of benzene rings is 2. The van der Waals surface area contributed by atoms with Crippen molar-refractivity contribution in [1.29, 1.82) is 0 Å². The minimum absolute atomic E-state index is 0.237. The number of halogens is 3. The molecule has 6 nitrogen and oxygen atoms in total. The van der Waals surface area contributed by atoms with Crippen LogP contribution >= 0.6 is 0 Å². The Hall–Kier alpha value is -3.36. The van der Waals surface area contributed by atoms with Crippen molar-refractivity contribution < 1.29 is 32.7 Å². The number of carboxylic acid groups (broad SMARTS) is 1. The first-order valence-electron chi connectivity index (χ1n) is 6.71. The van der Waals surface area contributed by atoms with Crippen molar-refractivity contribution in [2.24, 2.45) is 0 Å². The van der Waals surface area contributed by atoms with E-state index in [0.29, 0.717) is 11.1 Å². The number of hydrogen-bond acceptors (Lipinski definition) is 4. The lowest BCUT2D eigenvalue weighted by Gasteiger charge is -2.10. The van der Waals surface area contributed by atoms with Gasteiger partial charge in [-0.2, -0.15) is 0 Å². The molecule has 2 aromatic carbocycles. The molecule has 0 heterocycles. The second-order valence-electron chi connectivity index (χ2n) is 4.77. The highest BCUT2D eigenvalue weighted by atomic mass is 19.4. The van der Waals surface area contributed by atoms with Crippen molar-refractivity contribution in [1.82, 2.24) is 0 Å². The third-order valence-electron chi connectivity index (χ3n) is 3.05. The molecule has 9 heteroatoms. The van der Waals surface area contributed by atoms with Crippen LogP contribution in [0.3, 0.4) is 0 Å². The van der Waals surface area contributed by atoms with Gasteiger partial charge >= 0.3 is 12.3 Å². The van der Waals surface area contributed by atoms with Crippen LogP contribution < -0.4 is 4.74 Å². The Balaban J connectivity index is 2.43. The van der Waals surface area contributed by atoms with Gasteiger partial charge in [0, 0.05) is 18.2 Å². The van der Waals surface area contributed by atoms with E-state index < -0.39 is 23.0 Å². The highest BCUT2D eigenvalue weighted by Gasteiger charge is 2.31. The minimum atomic E-state index is -4.82. The number of non-ortho nitro benzene ring substituents is 1. The second kappa shape index (κ2) is 7.04. The minimum Gasteiger partial charge on any atom is -0.478 e. The summed E-state index contributed by atoms with van der Waals surface area (Å²) >= 11 is 0. The van der Waals surface area contributed by atoms with Crippen LogP contribution in [0.4, 0.5) is 18.9 Å². The van der Waals surface area contributed by atoms with E-state index in [4.69, 9.17) is 5.11 Å². The lowest BCUT2D eigenvalue weighted by atomic mass is 9.98. The smallest absolute Gasteiger partial charge is 0.478 e. The summed E-state index contributed by atoms with van der Waals surface area (Å²) < 4.78 is 40.3. The van der Waals surface area contributed by atoms with Gasteiger partial charge in [0.1, 0.15) is 5.75 Å². The SMILES string of the molecule is O=C(O)/C=C/c1cc([N+](=O)[O-])ccc1-c1ccc(OC(F)(F)F)cc1. The number of rotatable bonds is 5. The monoisotopic (exact) mass is 353 g/mol. The third-order valence-corrected chi connectivity index (χ3v) is 3.05. The summed E-state index contributed by atoms with van der Waals surface area (Å²) in [5.41, 5.74) is 0.850. The molecule has 0 atom stereocenters. The van der Waals surface area contributed by atoms with Crippen molar-refractivity contribution in [3.05, 3.63) is 64.2 Å². The highest BCUT2D eigenvalue weighted by Crippen LogP contribution is 2.31. The van der Waals surface area contributed by atoms with Gasteiger partial charge in [0.15, 0.2) is 0 Å². The summed E-state index contributed by atoms with van der Waals surface area (Å²) in [5.74, 6) is -1.66. The molecule has 130 valence electrons. The zero-order valence-electron chi connectivity index (χ0n) is 12.4. The summed E-state index contributed by atoms with van der Waals surface area (Å²) in [6.45, 7) is 0. The summed E-state index contributed by atoms with van der Waals surface area (Å²) in [4.78, 5) is 20.9. The fourth-order valence-corrected chi connectivity index (χ4v) is 2.06. The molecule has 1 N–H and O–H groups in total. The quantitative estimate of drug-likeness (QED) is 0.493. The van der Waals surface area contributed by atoms with Gasteiger partial charge in [-0.1, -0.05) is 12.1 Å². The first kappa shape index (κ1) is 18.0. The van der Waals surface area contributed by atoms with E-state index in [-0.39, 0.29) is 11.3 Å². The van der Waals surface area contributed by atoms with Gasteiger partial charge in [-0.15, -0.1) is 13.2 Å². The molecule has 0 aromatic heterocycles. The lowest BCUT2D eigenvalue weighted by molar-refractivity contribution is -0.384. The van der Waals surface area contributed by atoms with Gasteiger partial charge < -0.3 is 9.84 Å². The molecule has 0 saturated heterocycles. The molecule has 2 aromatic rings. The predicted octanol–water partition coefficient (Wildman–Crippen LogP) is 4.26. The number of alkyl halides is 3. The molecule has 0 bridgehead atoms. The van der Waals surface area contributed by atoms with Crippen LogP contribution in [0.2, 0.25) is 0 Å². The number of hydrogen-bond donors (Lipinski definition) is 1. The van der Waals surface area contributed by atoms with E-state index in [1.54, 1.807) is 0 Å². The standard InChI is InChI=1S/C16H10F3NO5/c17-16(18,19)25-13-5-1-10(2-6-13)14-7-4-12(20(23)24)9-11(14)3-8-15(21)22/h1-9H,(H,21,22)/b8-3+. The largest absolute Gasteiger partial charge is 0.573 e. The topological polar surface area (TPSA) is 89.7 Å². The van der Waals surface area contributed by atoms with E-state index in [0.717, 1.165) is 18.2 Å². The number of nitro groups is 1. The summed E-state index contributed by atoms with van der Waals surface area (Å²) in [7, 11) is 0. The zero-order valence-corrected chi connectivity index (χ0v) is 12.4. The second-order valence-corrected chi connectivity index (χ2v) is 4.77. The maximum Gasteiger partial charge on any atom is 0.573 e. The Morgan fingerprint density at radius 3 is 2.32 bits per heavy atom. The Morgan fingerprint density at radius 1 is 1.16 bits per heavy atom. The fourth-order valence-electron chi connectivity index (χ4n) is 2.06. The predicted molar refractivity (Wildman–Crippen MR) is 81.9 cm³/mol. The Morgan fingerprint density at radius 2 is 1.80 bits per heavy atom. The summed E-state index contributed by atoms with van der Waals surface area (Å²) in [6.07, 6.45) is -2.83. The number of nitrogens with zero attached hydrogens (tertiary/aromatic N) is 1. The van der Waals surface area contributed by atoms with Crippen molar-refractivity contribution in [2.45, 2.75) is 6.36 Å². The van der Waals surface area contributed by atoms with Gasteiger partial charge in [0.05, 0.1) is 4.92 Å². The molecule has 0 aliphatic heterocycles. The maximum atomic E-state index is 12.2. The van der Waals surface area contributed by atoms with Gasteiger partial charge in [0.25, 0.3) is 5.69 Å². The third kappa shape index (κ3) is 5.06. The van der Waals surface area contributed by atoms with E-state index in [1.807, 2.05) is 0 Å². The number of carboxylic acids is 1. The van der Waals surface area contributed by atoms with Crippen LogP contribution in [0.15, 0.2) is 48.5 Å². The molecule has 0 saturated carbocycles. The van der Waals surface area contributed by atoms with Crippen molar-refractivity contribution in [3.8, 4) is 16.9 Å². The van der Waals surface area contributed by atoms with Crippen LogP contribution in [-0.2, 0) is 4.79 Å². The molecule has 25 heavy (non-hydrogen) atoms. The maximum absolute atomic E-state index is 12.2. The molecule has 0 unspecified atom stereocenters. The van der Waals surface area contributed by atoms with Crippen molar-refractivity contribution in [3.63, 3.8) is 0 Å². The van der Waals surface area contributed by atoms with Crippen LogP contribution in [0.25, 0.3) is 17.2 Å².